The Morgan fingerprint density at radius 2 is 2.05 bits per heavy atom. The molecule has 3 rings (SSSR count). The fraction of sp³-hybridized carbons (Fsp3) is 0.647. The molecule has 2 fully saturated rings. The van der Waals surface area contributed by atoms with Crippen molar-refractivity contribution >= 4 is 12.4 Å². The monoisotopic (exact) mass is 329 g/mol. The van der Waals surface area contributed by atoms with Gasteiger partial charge in [-0.25, -0.2) is 4.39 Å². The first kappa shape index (κ1) is 17.5. The Morgan fingerprint density at radius 1 is 1.32 bits per heavy atom. The van der Waals surface area contributed by atoms with E-state index in [4.69, 9.17) is 0 Å². The summed E-state index contributed by atoms with van der Waals surface area (Å²) in [4.78, 5) is 2.06. The highest BCUT2D eigenvalue weighted by Gasteiger charge is 2.52. The van der Waals surface area contributed by atoms with Crippen molar-refractivity contribution in [2.24, 2.45) is 17.8 Å². The van der Waals surface area contributed by atoms with E-state index in [1.54, 1.807) is 0 Å². The molecular formula is C17H25ClFNO2. The average molecular weight is 330 g/mol. The molecule has 2 N–H and O–H groups in total. The molecule has 0 radical (unpaired) electrons. The zero-order valence-corrected chi connectivity index (χ0v) is 13.9. The van der Waals surface area contributed by atoms with Crippen molar-refractivity contribution in [2.75, 3.05) is 20.6 Å². The van der Waals surface area contributed by atoms with E-state index in [2.05, 4.69) is 4.90 Å². The van der Waals surface area contributed by atoms with E-state index >= 15 is 0 Å². The average Bonchev–Trinajstić information content (AvgIpc) is 2.81. The Balaban J connectivity index is 0.00000176. The Bertz CT molecular complexity index is 539. The fourth-order valence-electron chi connectivity index (χ4n) is 4.49. The molecule has 1 aromatic rings. The molecule has 2 aliphatic carbocycles. The second kappa shape index (κ2) is 6.34. The second-order valence-corrected chi connectivity index (χ2v) is 7.10. The lowest BCUT2D eigenvalue weighted by atomic mass is 9.65. The van der Waals surface area contributed by atoms with Crippen molar-refractivity contribution in [1.29, 1.82) is 0 Å². The summed E-state index contributed by atoms with van der Waals surface area (Å²) in [7, 11) is 3.97. The van der Waals surface area contributed by atoms with Crippen molar-refractivity contribution < 1.29 is 14.6 Å². The van der Waals surface area contributed by atoms with Crippen molar-refractivity contribution in [2.45, 2.75) is 31.3 Å². The predicted molar refractivity (Wildman–Crippen MR) is 86.7 cm³/mol. The van der Waals surface area contributed by atoms with Gasteiger partial charge in [-0.15, -0.1) is 12.4 Å². The molecule has 0 aliphatic heterocycles. The van der Waals surface area contributed by atoms with Gasteiger partial charge in [0.2, 0.25) is 0 Å². The summed E-state index contributed by atoms with van der Waals surface area (Å²) >= 11 is 0. The lowest BCUT2D eigenvalue weighted by molar-refractivity contribution is -0.0913. The fourth-order valence-corrected chi connectivity index (χ4v) is 4.49. The van der Waals surface area contributed by atoms with Crippen LogP contribution in [0.25, 0.3) is 0 Å². The number of phenolic OH excluding ortho intramolecular Hbond substituents is 1. The van der Waals surface area contributed by atoms with Crippen molar-refractivity contribution in [3.05, 3.63) is 29.6 Å². The number of halogens is 2. The molecule has 124 valence electrons. The summed E-state index contributed by atoms with van der Waals surface area (Å²) in [5.41, 5.74) is -0.900. The molecule has 0 spiro atoms. The molecule has 22 heavy (non-hydrogen) atoms. The molecule has 4 atom stereocenters. The van der Waals surface area contributed by atoms with E-state index in [0.717, 1.165) is 25.8 Å². The van der Waals surface area contributed by atoms with Crippen LogP contribution in [0.2, 0.25) is 0 Å². The Morgan fingerprint density at radius 3 is 2.73 bits per heavy atom. The van der Waals surface area contributed by atoms with Crippen LogP contribution in [0.4, 0.5) is 4.39 Å². The van der Waals surface area contributed by atoms with Gasteiger partial charge in [0.25, 0.3) is 0 Å². The minimum atomic E-state index is -1.17. The van der Waals surface area contributed by atoms with Gasteiger partial charge in [0, 0.05) is 18.0 Å². The van der Waals surface area contributed by atoms with Gasteiger partial charge in [-0.2, -0.15) is 0 Å². The van der Waals surface area contributed by atoms with E-state index in [-0.39, 0.29) is 29.6 Å². The number of hydrogen-bond donors (Lipinski definition) is 2. The van der Waals surface area contributed by atoms with Crippen LogP contribution in [0.3, 0.4) is 0 Å². The van der Waals surface area contributed by atoms with E-state index in [1.807, 2.05) is 14.1 Å². The topological polar surface area (TPSA) is 43.7 Å². The van der Waals surface area contributed by atoms with Gasteiger partial charge in [-0.1, -0.05) is 6.42 Å². The summed E-state index contributed by atoms with van der Waals surface area (Å²) in [6.45, 7) is 0.739. The number of rotatable bonds is 3. The molecule has 3 nitrogen and oxygen atoms in total. The number of hydrogen-bond acceptors (Lipinski definition) is 3. The molecule has 1 aromatic carbocycles. The van der Waals surface area contributed by atoms with Crippen LogP contribution in [0, 0.1) is 23.6 Å². The smallest absolute Gasteiger partial charge is 0.129 e. The lowest BCUT2D eigenvalue weighted by Gasteiger charge is -2.45. The maximum absolute atomic E-state index is 14.3. The maximum atomic E-state index is 14.3. The summed E-state index contributed by atoms with van der Waals surface area (Å²) in [6.07, 6.45) is 3.98. The SMILES string of the molecule is CN(C)CC1C2CCC(C2)CC1(O)c1cc(O)ccc1F.Cl. The number of fused-ring (bicyclic) bond motifs is 2. The Kier molecular flexibility index (Phi) is 5.05. The van der Waals surface area contributed by atoms with Crippen LogP contribution in [-0.2, 0) is 5.60 Å². The van der Waals surface area contributed by atoms with Gasteiger partial charge < -0.3 is 15.1 Å². The van der Waals surface area contributed by atoms with E-state index in [1.165, 1.54) is 18.2 Å². The van der Waals surface area contributed by atoms with E-state index in [0.29, 0.717) is 18.3 Å². The minimum Gasteiger partial charge on any atom is -0.508 e. The minimum absolute atomic E-state index is 0. The molecule has 2 bridgehead atoms. The molecule has 5 heteroatoms. The standard InChI is InChI=1S/C17H24FNO2.ClH/c1-19(2)10-15-12-4-3-11(7-12)9-17(15,21)14-8-13(20)5-6-16(14)18;/h5-6,8,11-12,15,20-21H,3-4,7,9-10H2,1-2H3;1H. The van der Waals surface area contributed by atoms with Crippen molar-refractivity contribution in [3.8, 4) is 5.75 Å². The van der Waals surface area contributed by atoms with Gasteiger partial charge in [-0.05, 0) is 63.4 Å². The summed E-state index contributed by atoms with van der Waals surface area (Å²) in [5, 5.41) is 21.1. The summed E-state index contributed by atoms with van der Waals surface area (Å²) in [5.74, 6) is 0.530. The first-order chi connectivity index (χ1) is 9.90. The summed E-state index contributed by atoms with van der Waals surface area (Å²) < 4.78 is 14.3. The van der Waals surface area contributed by atoms with E-state index < -0.39 is 11.4 Å². The van der Waals surface area contributed by atoms with Gasteiger partial charge in [0.05, 0.1) is 5.60 Å². The van der Waals surface area contributed by atoms with E-state index in [9.17, 15) is 14.6 Å². The van der Waals surface area contributed by atoms with Crippen molar-refractivity contribution in [3.63, 3.8) is 0 Å². The van der Waals surface area contributed by atoms with Crippen LogP contribution in [0.5, 0.6) is 5.75 Å². The molecular weight excluding hydrogens is 305 g/mol. The first-order valence-corrected chi connectivity index (χ1v) is 7.76. The Labute approximate surface area is 137 Å². The van der Waals surface area contributed by atoms with Gasteiger partial charge in [-0.3, -0.25) is 0 Å². The Hall–Kier alpha value is -0.840. The second-order valence-electron chi connectivity index (χ2n) is 7.10. The molecule has 0 saturated heterocycles. The highest BCUT2D eigenvalue weighted by molar-refractivity contribution is 5.85. The molecule has 0 heterocycles. The van der Waals surface area contributed by atoms with Crippen LogP contribution < -0.4 is 0 Å². The molecule has 4 unspecified atom stereocenters. The third kappa shape index (κ3) is 2.97. The van der Waals surface area contributed by atoms with Gasteiger partial charge >= 0.3 is 0 Å². The lowest BCUT2D eigenvalue weighted by Crippen LogP contribution is -2.47. The molecule has 2 aliphatic rings. The normalized spacial score (nSPS) is 33.8. The molecule has 2 saturated carbocycles. The third-order valence-corrected chi connectivity index (χ3v) is 5.34. The number of phenols is 1. The highest BCUT2D eigenvalue weighted by Crippen LogP contribution is 2.54. The molecule has 0 aromatic heterocycles. The van der Waals surface area contributed by atoms with Crippen molar-refractivity contribution in [1.82, 2.24) is 4.90 Å². The third-order valence-electron chi connectivity index (χ3n) is 5.34. The molecule has 0 amide bonds. The highest BCUT2D eigenvalue weighted by atomic mass is 35.5. The quantitative estimate of drug-likeness (QED) is 0.895. The van der Waals surface area contributed by atoms with Gasteiger partial charge in [0.15, 0.2) is 0 Å². The van der Waals surface area contributed by atoms with Crippen LogP contribution in [0.15, 0.2) is 18.2 Å². The zero-order valence-electron chi connectivity index (χ0n) is 13.1. The number of nitrogens with zero attached hydrogens (tertiary/aromatic N) is 1. The first-order valence-electron chi connectivity index (χ1n) is 7.76. The number of aromatic hydroxyl groups is 1. The van der Waals surface area contributed by atoms with Crippen LogP contribution in [-0.4, -0.2) is 35.8 Å². The summed E-state index contributed by atoms with van der Waals surface area (Å²) in [6, 6.07) is 4.00. The predicted octanol–water partition coefficient (Wildman–Crippen LogP) is 3.14. The number of aliphatic hydroxyl groups is 1. The largest absolute Gasteiger partial charge is 0.508 e. The van der Waals surface area contributed by atoms with Crippen LogP contribution in [0.1, 0.15) is 31.2 Å². The van der Waals surface area contributed by atoms with Crippen LogP contribution >= 0.6 is 12.4 Å². The number of benzene rings is 1. The zero-order chi connectivity index (χ0) is 15.2. The van der Waals surface area contributed by atoms with Gasteiger partial charge in [0.1, 0.15) is 11.6 Å². The maximum Gasteiger partial charge on any atom is 0.129 e.